The first-order valence-corrected chi connectivity index (χ1v) is 11.6. The second kappa shape index (κ2) is 23.4. The van der Waals surface area contributed by atoms with Crippen molar-refractivity contribution in [1.29, 1.82) is 0 Å². The number of carbonyl (C=O) groups excluding carboxylic acids is 4. The number of nitrogens with two attached hydrogens (primary N) is 1. The van der Waals surface area contributed by atoms with Gasteiger partial charge in [0.05, 0.1) is 10.5 Å². The Kier molecular flexibility index (Phi) is 25.5. The van der Waals surface area contributed by atoms with E-state index in [1.54, 1.807) is 32.0 Å². The number of hydrogen-bond donors (Lipinski definition) is 4. The van der Waals surface area contributed by atoms with E-state index in [1.165, 1.54) is 26.0 Å². The van der Waals surface area contributed by atoms with Crippen LogP contribution in [0.25, 0.3) is 0 Å². The van der Waals surface area contributed by atoms with Crippen molar-refractivity contribution in [3.8, 4) is 0 Å². The molecule has 0 aliphatic heterocycles. The van der Waals surface area contributed by atoms with Gasteiger partial charge in [0.1, 0.15) is 0 Å². The van der Waals surface area contributed by atoms with Gasteiger partial charge in [0.25, 0.3) is 5.69 Å². The van der Waals surface area contributed by atoms with Crippen LogP contribution in [0.1, 0.15) is 72.9 Å². The molecular formula is C28H43N4O7Pd-. The molecule has 0 fully saturated rings. The molecule has 0 saturated heterocycles. The molecule has 228 valence electrons. The van der Waals surface area contributed by atoms with Gasteiger partial charge >= 0.3 is 0 Å². The molecule has 0 aliphatic rings. The number of anilines is 1. The van der Waals surface area contributed by atoms with Crippen molar-refractivity contribution in [3.63, 3.8) is 0 Å². The molecule has 0 aromatic heterocycles. The van der Waals surface area contributed by atoms with E-state index in [2.05, 4.69) is 10.6 Å². The summed E-state index contributed by atoms with van der Waals surface area (Å²) in [7, 11) is 0. The molecule has 2 rings (SSSR count). The summed E-state index contributed by atoms with van der Waals surface area (Å²) >= 11 is 0. The Morgan fingerprint density at radius 3 is 1.65 bits per heavy atom. The number of ketones is 2. The topological polar surface area (TPSA) is 182 Å². The van der Waals surface area contributed by atoms with Gasteiger partial charge in [-0.25, -0.2) is 0 Å². The molecule has 11 nitrogen and oxygen atoms in total. The summed E-state index contributed by atoms with van der Waals surface area (Å²) < 4.78 is 0. The third-order valence-corrected chi connectivity index (χ3v) is 4.61. The number of aliphatic hydroxyl groups excluding tert-OH is 1. The molecule has 2 aromatic rings. The van der Waals surface area contributed by atoms with Crippen LogP contribution in [0, 0.1) is 31.4 Å². The average Bonchev–Trinajstić information content (AvgIpc) is 2.80. The molecule has 0 atom stereocenters. The van der Waals surface area contributed by atoms with Crippen LogP contribution in [-0.4, -0.2) is 53.1 Å². The van der Waals surface area contributed by atoms with Crippen LogP contribution in [-0.2, 0) is 30.0 Å². The summed E-state index contributed by atoms with van der Waals surface area (Å²) in [5.41, 5.74) is 8.40. The Hall–Kier alpha value is -3.46. The number of nitro benzene ring substituents is 1. The van der Waals surface area contributed by atoms with Crippen molar-refractivity contribution in [3.05, 3.63) is 76.2 Å². The molecule has 0 heterocycles. The number of nitrogens with one attached hydrogen (secondary N) is 2. The van der Waals surface area contributed by atoms with Gasteiger partial charge in [-0.05, 0) is 44.5 Å². The maximum absolute atomic E-state index is 11.8. The second-order valence-electron chi connectivity index (χ2n) is 8.00. The zero-order valence-corrected chi connectivity index (χ0v) is 24.8. The van der Waals surface area contributed by atoms with Crippen LogP contribution in [0.4, 0.5) is 11.4 Å². The third-order valence-electron chi connectivity index (χ3n) is 4.61. The number of benzene rings is 2. The fraction of sp³-hybridized carbons (Fsp3) is 0.393. The number of carbonyl (C=O) groups is 4. The van der Waals surface area contributed by atoms with E-state index in [0.29, 0.717) is 17.8 Å². The van der Waals surface area contributed by atoms with E-state index in [9.17, 15) is 29.3 Å². The number of rotatable bonds is 9. The molecule has 2 aromatic carbocycles. The van der Waals surface area contributed by atoms with Gasteiger partial charge < -0.3 is 28.9 Å². The summed E-state index contributed by atoms with van der Waals surface area (Å²) in [6.45, 7) is 8.89. The second-order valence-corrected chi connectivity index (χ2v) is 8.00. The maximum Gasteiger partial charge on any atom is 0.280 e. The standard InChI is InChI=1S/C12H14N2O4.C12H16N2O2.C2H6O.CH4.CH3.Pd/c1-8-3-4-11(14(17)18)10(7-8)12(16)5-6-13-9(2)15;1-8-3-4-11(13)10(7-8)12(16)5-6-14-9(2)15;1-2-3;;;/h3-4,7H,5-6H2,1-2H3,(H,13,15);3-4,7H,5-6,13H2,1-2H3,(H,14,15);3H,2H2,1H3;1H4;1H3;/q;;;;-1;. The van der Waals surface area contributed by atoms with Gasteiger partial charge in [0.15, 0.2) is 11.6 Å². The first-order valence-electron chi connectivity index (χ1n) is 11.6. The molecule has 0 radical (unpaired) electrons. The number of hydrogen-bond acceptors (Lipinski definition) is 8. The molecular weight excluding hydrogens is 611 g/mol. The number of aryl methyl sites for hydroxylation is 2. The first-order chi connectivity index (χ1) is 17.3. The minimum absolute atomic E-state index is 0. The van der Waals surface area contributed by atoms with Crippen molar-refractivity contribution in [2.45, 2.75) is 54.9 Å². The minimum atomic E-state index is -0.578. The van der Waals surface area contributed by atoms with Gasteiger partial charge in [-0.15, -0.1) is 0 Å². The van der Waals surface area contributed by atoms with Crippen molar-refractivity contribution in [2.24, 2.45) is 0 Å². The van der Waals surface area contributed by atoms with E-state index in [-0.39, 0.29) is 95.9 Å². The predicted octanol–water partition coefficient (Wildman–Crippen LogP) is 3.98. The summed E-state index contributed by atoms with van der Waals surface area (Å²) in [6.07, 6.45) is 0.317. The predicted molar refractivity (Wildman–Crippen MR) is 155 cm³/mol. The molecule has 0 aliphatic carbocycles. The van der Waals surface area contributed by atoms with Crippen LogP contribution in [0.2, 0.25) is 0 Å². The van der Waals surface area contributed by atoms with Crippen LogP contribution < -0.4 is 16.4 Å². The zero-order chi connectivity index (χ0) is 28.5. The van der Waals surface area contributed by atoms with Gasteiger partial charge in [0, 0.05) is 84.1 Å². The zero-order valence-electron chi connectivity index (χ0n) is 23.2. The molecule has 0 unspecified atom stereocenters. The summed E-state index contributed by atoms with van der Waals surface area (Å²) in [6, 6.07) is 9.75. The molecule has 0 spiro atoms. The largest absolute Gasteiger partial charge is 0.398 e. The van der Waals surface area contributed by atoms with E-state index in [1.807, 2.05) is 13.0 Å². The first kappa shape index (κ1) is 43.6. The fourth-order valence-corrected chi connectivity index (χ4v) is 2.92. The van der Waals surface area contributed by atoms with E-state index < -0.39 is 4.92 Å². The quantitative estimate of drug-likeness (QED) is 0.0783. The molecule has 2 amide bonds. The van der Waals surface area contributed by atoms with Crippen molar-refractivity contribution in [1.82, 2.24) is 10.6 Å². The van der Waals surface area contributed by atoms with Crippen LogP contribution in [0.15, 0.2) is 36.4 Å². The summed E-state index contributed by atoms with van der Waals surface area (Å²) in [5.74, 6) is -0.763. The van der Waals surface area contributed by atoms with E-state index >= 15 is 0 Å². The van der Waals surface area contributed by atoms with Gasteiger partial charge in [-0.2, -0.15) is 0 Å². The Labute approximate surface area is 251 Å². The third kappa shape index (κ3) is 17.9. The summed E-state index contributed by atoms with van der Waals surface area (Å²) in [5, 5.41) is 23.4. The normalized spacial score (nSPS) is 8.85. The van der Waals surface area contributed by atoms with Crippen molar-refractivity contribution in [2.75, 3.05) is 25.4 Å². The number of nitrogen functional groups attached to an aromatic ring is 1. The van der Waals surface area contributed by atoms with Gasteiger partial charge in [-0.1, -0.05) is 25.1 Å². The number of aliphatic hydroxyl groups is 1. The molecule has 0 bridgehead atoms. The number of nitro groups is 1. The Morgan fingerprint density at radius 2 is 1.25 bits per heavy atom. The molecule has 12 heteroatoms. The van der Waals surface area contributed by atoms with Crippen LogP contribution in [0.5, 0.6) is 0 Å². The number of nitrogens with zero attached hydrogens (tertiary/aromatic N) is 1. The minimum Gasteiger partial charge on any atom is -0.398 e. The Bertz CT molecular complexity index is 1110. The van der Waals surface area contributed by atoms with E-state index in [0.717, 1.165) is 11.1 Å². The fourth-order valence-electron chi connectivity index (χ4n) is 2.92. The van der Waals surface area contributed by atoms with Crippen LogP contribution >= 0.6 is 0 Å². The molecule has 5 N–H and O–H groups in total. The SMILES string of the molecule is C.CC(=O)NCCC(=O)c1cc(C)ccc1N.CC(=O)NCCC(=O)c1cc(C)ccc1[N+](=O)[O-].CCO.[CH3-].[Pd]. The molecule has 0 saturated carbocycles. The Morgan fingerprint density at radius 1 is 0.875 bits per heavy atom. The monoisotopic (exact) mass is 653 g/mol. The Balaban J connectivity index is -0.000000277. The van der Waals surface area contributed by atoms with Crippen molar-refractivity contribution < 1.29 is 49.6 Å². The number of amides is 2. The van der Waals surface area contributed by atoms with Crippen LogP contribution in [0.3, 0.4) is 0 Å². The summed E-state index contributed by atoms with van der Waals surface area (Å²) in [4.78, 5) is 55.1. The smallest absolute Gasteiger partial charge is 0.280 e. The van der Waals surface area contributed by atoms with Crippen molar-refractivity contribution >= 4 is 34.8 Å². The molecule has 40 heavy (non-hydrogen) atoms. The maximum atomic E-state index is 11.8. The van der Waals surface area contributed by atoms with E-state index in [4.69, 9.17) is 10.8 Å². The average molecular weight is 654 g/mol. The van der Waals surface area contributed by atoms with Gasteiger partial charge in [-0.3, -0.25) is 29.3 Å². The van der Waals surface area contributed by atoms with Gasteiger partial charge in [0.2, 0.25) is 11.8 Å². The number of Topliss-reactive ketones (excluding diaryl/α,β-unsaturated/α-hetero) is 2.